The van der Waals surface area contributed by atoms with Crippen LogP contribution in [0, 0.1) is 5.82 Å². The van der Waals surface area contributed by atoms with Crippen LogP contribution < -0.4 is 5.32 Å². The van der Waals surface area contributed by atoms with Crippen LogP contribution in [0.5, 0.6) is 0 Å². The lowest BCUT2D eigenvalue weighted by Gasteiger charge is -2.35. The molecule has 1 aliphatic rings. The molecule has 1 aromatic rings. The van der Waals surface area contributed by atoms with Crippen molar-refractivity contribution < 1.29 is 13.9 Å². The summed E-state index contributed by atoms with van der Waals surface area (Å²) >= 11 is 3.23. The molecule has 104 valence electrons. The number of amides is 2. The van der Waals surface area contributed by atoms with Gasteiger partial charge in [-0.2, -0.15) is 0 Å². The molecule has 4 nitrogen and oxygen atoms in total. The van der Waals surface area contributed by atoms with Crippen LogP contribution in [0.15, 0.2) is 22.7 Å². The number of nitrogens with zero attached hydrogens (tertiary/aromatic N) is 1. The topological polar surface area (TPSA) is 41.6 Å². The van der Waals surface area contributed by atoms with E-state index in [0.29, 0.717) is 23.2 Å². The smallest absolute Gasteiger partial charge is 0.322 e. The van der Waals surface area contributed by atoms with Crippen molar-refractivity contribution in [1.29, 1.82) is 0 Å². The fraction of sp³-hybridized carbons (Fsp3) is 0.462. The molecular formula is C13H16BrFN2O2. The van der Waals surface area contributed by atoms with Crippen LogP contribution in [0.2, 0.25) is 0 Å². The quantitative estimate of drug-likeness (QED) is 0.858. The summed E-state index contributed by atoms with van der Waals surface area (Å²) in [5.74, 6) is -0.349. The van der Waals surface area contributed by atoms with E-state index in [1.807, 2.05) is 13.8 Å². The predicted octanol–water partition coefficient (Wildman–Crippen LogP) is 3.23. The summed E-state index contributed by atoms with van der Waals surface area (Å²) in [6.45, 7) is 4.97. The molecule has 1 aliphatic heterocycles. The number of hydrogen-bond acceptors (Lipinski definition) is 2. The SMILES string of the molecule is C[C@@H]1CN(C(=O)Nc2ccc(F)cc2Br)C[C@H](C)O1. The molecule has 0 saturated carbocycles. The van der Waals surface area contributed by atoms with E-state index in [0.717, 1.165) is 0 Å². The molecule has 2 atom stereocenters. The third kappa shape index (κ3) is 3.67. The molecule has 0 unspecified atom stereocenters. The third-order valence-electron chi connectivity index (χ3n) is 2.88. The number of hydrogen-bond donors (Lipinski definition) is 1. The second kappa shape index (κ2) is 5.88. The summed E-state index contributed by atoms with van der Waals surface area (Å²) in [4.78, 5) is 13.8. The van der Waals surface area contributed by atoms with Gasteiger partial charge in [-0.3, -0.25) is 0 Å². The summed E-state index contributed by atoms with van der Waals surface area (Å²) in [6.07, 6.45) is 0.0392. The van der Waals surface area contributed by atoms with Gasteiger partial charge in [0.15, 0.2) is 0 Å². The normalized spacial score (nSPS) is 23.3. The molecule has 2 rings (SSSR count). The number of anilines is 1. The Balaban J connectivity index is 2.04. The monoisotopic (exact) mass is 330 g/mol. The minimum atomic E-state index is -0.349. The van der Waals surface area contributed by atoms with E-state index in [1.165, 1.54) is 18.2 Å². The average Bonchev–Trinajstić information content (AvgIpc) is 2.31. The Kier molecular flexibility index (Phi) is 4.42. The Labute approximate surface area is 120 Å². The second-order valence-corrected chi connectivity index (χ2v) is 5.57. The van der Waals surface area contributed by atoms with Crippen LogP contribution in [-0.2, 0) is 4.74 Å². The van der Waals surface area contributed by atoms with Gasteiger partial charge in [-0.15, -0.1) is 0 Å². The first kappa shape index (κ1) is 14.3. The molecule has 1 saturated heterocycles. The van der Waals surface area contributed by atoms with E-state index in [1.54, 1.807) is 4.90 Å². The molecule has 0 aromatic heterocycles. The van der Waals surface area contributed by atoms with Crippen molar-refractivity contribution in [3.8, 4) is 0 Å². The Morgan fingerprint density at radius 3 is 2.63 bits per heavy atom. The summed E-state index contributed by atoms with van der Waals surface area (Å²) in [5, 5.41) is 2.77. The zero-order valence-electron chi connectivity index (χ0n) is 10.8. The number of carbonyl (C=O) groups excluding carboxylic acids is 1. The van der Waals surface area contributed by atoms with Gasteiger partial charge in [0.25, 0.3) is 0 Å². The van der Waals surface area contributed by atoms with E-state index in [2.05, 4.69) is 21.2 Å². The predicted molar refractivity (Wildman–Crippen MR) is 74.7 cm³/mol. The lowest BCUT2D eigenvalue weighted by molar-refractivity contribution is -0.0530. The van der Waals surface area contributed by atoms with Gasteiger partial charge >= 0.3 is 6.03 Å². The summed E-state index contributed by atoms with van der Waals surface area (Å²) in [7, 11) is 0. The fourth-order valence-electron chi connectivity index (χ4n) is 2.13. The summed E-state index contributed by atoms with van der Waals surface area (Å²) < 4.78 is 19.1. The molecule has 19 heavy (non-hydrogen) atoms. The maximum atomic E-state index is 13.0. The lowest BCUT2D eigenvalue weighted by atomic mass is 10.2. The minimum Gasteiger partial charge on any atom is -0.372 e. The van der Waals surface area contributed by atoms with E-state index in [9.17, 15) is 9.18 Å². The highest BCUT2D eigenvalue weighted by Gasteiger charge is 2.26. The Bertz CT molecular complexity index is 474. The molecule has 6 heteroatoms. The first-order valence-electron chi connectivity index (χ1n) is 6.12. The minimum absolute atomic E-state index is 0.0196. The van der Waals surface area contributed by atoms with Crippen molar-refractivity contribution in [3.63, 3.8) is 0 Å². The zero-order chi connectivity index (χ0) is 14.0. The molecular weight excluding hydrogens is 315 g/mol. The number of carbonyl (C=O) groups is 1. The number of urea groups is 1. The molecule has 0 bridgehead atoms. The van der Waals surface area contributed by atoms with Crippen LogP contribution in [0.25, 0.3) is 0 Å². The van der Waals surface area contributed by atoms with Gasteiger partial charge in [-0.25, -0.2) is 9.18 Å². The fourth-order valence-corrected chi connectivity index (χ4v) is 2.58. The van der Waals surface area contributed by atoms with Gasteiger partial charge in [0, 0.05) is 17.6 Å². The van der Waals surface area contributed by atoms with Gasteiger partial charge in [0.05, 0.1) is 17.9 Å². The molecule has 0 aliphatic carbocycles. The van der Waals surface area contributed by atoms with Crippen molar-refractivity contribution in [2.24, 2.45) is 0 Å². The number of nitrogens with one attached hydrogen (secondary N) is 1. The highest BCUT2D eigenvalue weighted by Crippen LogP contribution is 2.23. The van der Waals surface area contributed by atoms with Crippen LogP contribution in [-0.4, -0.2) is 36.2 Å². The number of ether oxygens (including phenoxy) is 1. The number of halogens is 2. The molecule has 2 amide bonds. The maximum Gasteiger partial charge on any atom is 0.322 e. The van der Waals surface area contributed by atoms with Crippen LogP contribution in [0.4, 0.5) is 14.9 Å². The van der Waals surface area contributed by atoms with Crippen molar-refractivity contribution in [1.82, 2.24) is 4.90 Å². The van der Waals surface area contributed by atoms with Gasteiger partial charge in [0.2, 0.25) is 0 Å². The van der Waals surface area contributed by atoms with E-state index in [-0.39, 0.29) is 24.1 Å². The number of morpholine rings is 1. The largest absolute Gasteiger partial charge is 0.372 e. The van der Waals surface area contributed by atoms with Gasteiger partial charge in [-0.05, 0) is 48.0 Å². The van der Waals surface area contributed by atoms with Crippen LogP contribution in [0.3, 0.4) is 0 Å². The first-order chi connectivity index (χ1) is 8.95. The molecule has 0 spiro atoms. The number of rotatable bonds is 1. The van der Waals surface area contributed by atoms with Crippen LogP contribution >= 0.6 is 15.9 Å². The average molecular weight is 331 g/mol. The molecule has 1 N–H and O–H groups in total. The zero-order valence-corrected chi connectivity index (χ0v) is 12.4. The molecule has 1 heterocycles. The second-order valence-electron chi connectivity index (χ2n) is 4.72. The third-order valence-corrected chi connectivity index (χ3v) is 3.54. The Morgan fingerprint density at radius 1 is 1.42 bits per heavy atom. The van der Waals surface area contributed by atoms with E-state index in [4.69, 9.17) is 4.74 Å². The highest BCUT2D eigenvalue weighted by molar-refractivity contribution is 9.10. The first-order valence-corrected chi connectivity index (χ1v) is 6.91. The molecule has 0 radical (unpaired) electrons. The highest BCUT2D eigenvalue weighted by atomic mass is 79.9. The van der Waals surface area contributed by atoms with Gasteiger partial charge in [-0.1, -0.05) is 0 Å². The molecule has 1 fully saturated rings. The standard InChI is InChI=1S/C13H16BrFN2O2/c1-8-6-17(7-9(2)19-8)13(18)16-12-4-3-10(15)5-11(12)14/h3-5,8-9H,6-7H2,1-2H3,(H,16,18)/t8-,9+. The maximum absolute atomic E-state index is 13.0. The van der Waals surface area contributed by atoms with Gasteiger partial charge < -0.3 is 15.0 Å². The van der Waals surface area contributed by atoms with Crippen molar-refractivity contribution in [2.75, 3.05) is 18.4 Å². The van der Waals surface area contributed by atoms with E-state index < -0.39 is 0 Å². The number of benzene rings is 1. The van der Waals surface area contributed by atoms with Gasteiger partial charge in [0.1, 0.15) is 5.82 Å². The van der Waals surface area contributed by atoms with Crippen LogP contribution in [0.1, 0.15) is 13.8 Å². The van der Waals surface area contributed by atoms with Crippen molar-refractivity contribution in [3.05, 3.63) is 28.5 Å². The summed E-state index contributed by atoms with van der Waals surface area (Å²) in [6, 6.07) is 3.96. The Morgan fingerprint density at radius 2 is 2.05 bits per heavy atom. The summed E-state index contributed by atoms with van der Waals surface area (Å²) in [5.41, 5.74) is 0.554. The Hall–Kier alpha value is -1.14. The van der Waals surface area contributed by atoms with E-state index >= 15 is 0 Å². The van der Waals surface area contributed by atoms with Crippen molar-refractivity contribution >= 4 is 27.6 Å². The molecule has 1 aromatic carbocycles. The lowest BCUT2D eigenvalue weighted by Crippen LogP contribution is -2.49. The van der Waals surface area contributed by atoms with Crippen molar-refractivity contribution in [2.45, 2.75) is 26.1 Å².